The van der Waals surface area contributed by atoms with Gasteiger partial charge in [0.2, 0.25) is 5.91 Å². The second-order valence-electron chi connectivity index (χ2n) is 5.83. The van der Waals surface area contributed by atoms with Gasteiger partial charge in [-0.1, -0.05) is 35.3 Å². The smallest absolute Gasteiger partial charge is 0.260 e. The van der Waals surface area contributed by atoms with Gasteiger partial charge in [0, 0.05) is 18.1 Å². The van der Waals surface area contributed by atoms with Gasteiger partial charge in [-0.2, -0.15) is 0 Å². The SMILES string of the molecule is O=C(Nc1cc(Cl)ccc1Cl)C1CN(C(=O)COc2ccccc2F)C1. The monoisotopic (exact) mass is 396 g/mol. The van der Waals surface area contributed by atoms with Crippen LogP contribution in [0, 0.1) is 11.7 Å². The maximum absolute atomic E-state index is 13.4. The van der Waals surface area contributed by atoms with E-state index >= 15 is 0 Å². The molecule has 1 heterocycles. The molecule has 0 aliphatic carbocycles. The summed E-state index contributed by atoms with van der Waals surface area (Å²) in [5, 5.41) is 3.55. The van der Waals surface area contributed by atoms with Crippen LogP contribution in [0.25, 0.3) is 0 Å². The summed E-state index contributed by atoms with van der Waals surface area (Å²) in [6.45, 7) is 0.252. The minimum atomic E-state index is -0.528. The summed E-state index contributed by atoms with van der Waals surface area (Å²) >= 11 is 11.9. The Hall–Kier alpha value is -2.31. The Morgan fingerprint density at radius 2 is 1.92 bits per heavy atom. The van der Waals surface area contributed by atoms with Crippen LogP contribution in [0.5, 0.6) is 5.75 Å². The molecule has 1 N–H and O–H groups in total. The molecule has 0 spiro atoms. The van der Waals surface area contributed by atoms with Crippen LogP contribution in [-0.2, 0) is 9.59 Å². The van der Waals surface area contributed by atoms with Crippen molar-refractivity contribution in [1.29, 1.82) is 0 Å². The second kappa shape index (κ2) is 7.93. The number of ether oxygens (including phenoxy) is 1. The summed E-state index contributed by atoms with van der Waals surface area (Å²) in [5.74, 6) is -1.40. The molecule has 3 rings (SSSR count). The van der Waals surface area contributed by atoms with Crippen molar-refractivity contribution in [2.75, 3.05) is 25.0 Å². The quantitative estimate of drug-likeness (QED) is 0.839. The molecule has 26 heavy (non-hydrogen) atoms. The van der Waals surface area contributed by atoms with E-state index in [-0.39, 0.29) is 43.2 Å². The van der Waals surface area contributed by atoms with E-state index < -0.39 is 5.82 Å². The molecular formula is C18H15Cl2FN2O3. The molecule has 0 saturated carbocycles. The molecule has 5 nitrogen and oxygen atoms in total. The number of anilines is 1. The van der Waals surface area contributed by atoms with E-state index in [1.165, 1.54) is 23.1 Å². The fraction of sp³-hybridized carbons (Fsp3) is 0.222. The van der Waals surface area contributed by atoms with Crippen molar-refractivity contribution in [1.82, 2.24) is 4.90 Å². The zero-order valence-corrected chi connectivity index (χ0v) is 15.1. The highest BCUT2D eigenvalue weighted by molar-refractivity contribution is 6.35. The van der Waals surface area contributed by atoms with Crippen LogP contribution in [-0.4, -0.2) is 36.4 Å². The molecule has 0 atom stereocenters. The molecule has 0 unspecified atom stereocenters. The summed E-state index contributed by atoms with van der Waals surface area (Å²) in [5.41, 5.74) is 0.428. The molecule has 1 fully saturated rings. The third kappa shape index (κ3) is 4.26. The molecule has 1 aliphatic heterocycles. The first kappa shape index (κ1) is 18.5. The van der Waals surface area contributed by atoms with Gasteiger partial charge >= 0.3 is 0 Å². The average Bonchev–Trinajstić information content (AvgIpc) is 2.56. The van der Waals surface area contributed by atoms with Gasteiger partial charge < -0.3 is 15.0 Å². The molecule has 136 valence electrons. The number of likely N-dealkylation sites (tertiary alicyclic amines) is 1. The van der Waals surface area contributed by atoms with Crippen LogP contribution in [0.15, 0.2) is 42.5 Å². The van der Waals surface area contributed by atoms with Crippen molar-refractivity contribution >= 4 is 40.7 Å². The lowest BCUT2D eigenvalue weighted by Gasteiger charge is -2.38. The van der Waals surface area contributed by atoms with Gasteiger partial charge in [-0.05, 0) is 30.3 Å². The van der Waals surface area contributed by atoms with Crippen molar-refractivity contribution in [2.24, 2.45) is 5.92 Å². The number of nitrogens with one attached hydrogen (secondary N) is 1. The second-order valence-corrected chi connectivity index (χ2v) is 6.67. The minimum Gasteiger partial charge on any atom is -0.481 e. The molecule has 1 aliphatic rings. The number of para-hydroxylation sites is 1. The normalized spacial score (nSPS) is 13.9. The maximum Gasteiger partial charge on any atom is 0.260 e. The standard InChI is InChI=1S/C18H15Cl2FN2O3/c19-12-5-6-13(20)15(7-12)22-18(25)11-8-23(9-11)17(24)10-26-16-4-2-1-3-14(16)21/h1-7,11H,8-10H2,(H,22,25). The highest BCUT2D eigenvalue weighted by atomic mass is 35.5. The molecule has 0 aromatic heterocycles. The number of hydrogen-bond acceptors (Lipinski definition) is 3. The molecular weight excluding hydrogens is 382 g/mol. The highest BCUT2D eigenvalue weighted by Crippen LogP contribution is 2.27. The first-order chi connectivity index (χ1) is 12.4. The lowest BCUT2D eigenvalue weighted by molar-refractivity contribution is -0.143. The molecule has 0 radical (unpaired) electrons. The fourth-order valence-electron chi connectivity index (χ4n) is 2.47. The van der Waals surface area contributed by atoms with Crippen LogP contribution < -0.4 is 10.1 Å². The fourth-order valence-corrected chi connectivity index (χ4v) is 2.81. The van der Waals surface area contributed by atoms with E-state index in [0.717, 1.165) is 0 Å². The molecule has 2 aromatic rings. The van der Waals surface area contributed by atoms with Gasteiger partial charge in [-0.3, -0.25) is 9.59 Å². The molecule has 8 heteroatoms. The first-order valence-corrected chi connectivity index (χ1v) is 8.60. The Labute approximate surface area is 159 Å². The number of carbonyl (C=O) groups is 2. The van der Waals surface area contributed by atoms with Crippen LogP contribution in [0.2, 0.25) is 10.0 Å². The summed E-state index contributed by atoms with van der Waals surface area (Å²) in [6.07, 6.45) is 0. The van der Waals surface area contributed by atoms with Gasteiger partial charge in [0.15, 0.2) is 18.2 Å². The summed E-state index contributed by atoms with van der Waals surface area (Å²) in [6, 6.07) is 10.6. The number of benzene rings is 2. The van der Waals surface area contributed by atoms with E-state index in [9.17, 15) is 14.0 Å². The number of halogens is 3. The maximum atomic E-state index is 13.4. The molecule has 0 bridgehead atoms. The summed E-state index contributed by atoms with van der Waals surface area (Å²) in [4.78, 5) is 25.7. The average molecular weight is 397 g/mol. The van der Waals surface area contributed by atoms with Gasteiger partial charge in [-0.15, -0.1) is 0 Å². The van der Waals surface area contributed by atoms with Crippen LogP contribution in [0.4, 0.5) is 10.1 Å². The number of hydrogen-bond donors (Lipinski definition) is 1. The summed E-state index contributed by atoms with van der Waals surface area (Å²) in [7, 11) is 0. The number of amides is 2. The van der Waals surface area contributed by atoms with E-state index in [4.69, 9.17) is 27.9 Å². The van der Waals surface area contributed by atoms with E-state index in [1.54, 1.807) is 24.3 Å². The molecule has 2 aromatic carbocycles. The lowest BCUT2D eigenvalue weighted by Crippen LogP contribution is -2.55. The Balaban J connectivity index is 1.47. The van der Waals surface area contributed by atoms with E-state index in [0.29, 0.717) is 15.7 Å². The van der Waals surface area contributed by atoms with Crippen molar-refractivity contribution in [2.45, 2.75) is 0 Å². The van der Waals surface area contributed by atoms with Crippen LogP contribution in [0.3, 0.4) is 0 Å². The Bertz CT molecular complexity index is 841. The van der Waals surface area contributed by atoms with E-state index in [2.05, 4.69) is 5.32 Å². The van der Waals surface area contributed by atoms with Gasteiger partial charge in [0.25, 0.3) is 5.91 Å². The van der Waals surface area contributed by atoms with Gasteiger partial charge in [0.05, 0.1) is 16.6 Å². The first-order valence-electron chi connectivity index (χ1n) is 7.85. The number of rotatable bonds is 5. The Morgan fingerprint density at radius 1 is 1.19 bits per heavy atom. The van der Waals surface area contributed by atoms with Crippen LogP contribution >= 0.6 is 23.2 Å². The zero-order valence-electron chi connectivity index (χ0n) is 13.5. The highest BCUT2D eigenvalue weighted by Gasteiger charge is 2.36. The Morgan fingerprint density at radius 3 is 2.65 bits per heavy atom. The van der Waals surface area contributed by atoms with Crippen molar-refractivity contribution in [3.05, 3.63) is 58.3 Å². The Kier molecular flexibility index (Phi) is 5.64. The number of carbonyl (C=O) groups excluding carboxylic acids is 2. The van der Waals surface area contributed by atoms with Crippen molar-refractivity contribution in [3.8, 4) is 5.75 Å². The van der Waals surface area contributed by atoms with E-state index in [1.807, 2.05) is 0 Å². The third-order valence-electron chi connectivity index (χ3n) is 3.98. The largest absolute Gasteiger partial charge is 0.481 e. The topological polar surface area (TPSA) is 58.6 Å². The number of nitrogens with zero attached hydrogens (tertiary/aromatic N) is 1. The predicted molar refractivity (Wildman–Crippen MR) is 97.1 cm³/mol. The minimum absolute atomic E-state index is 0.0197. The lowest BCUT2D eigenvalue weighted by atomic mass is 9.99. The molecule has 2 amide bonds. The van der Waals surface area contributed by atoms with Gasteiger partial charge in [-0.25, -0.2) is 4.39 Å². The molecule has 1 saturated heterocycles. The van der Waals surface area contributed by atoms with Crippen molar-refractivity contribution in [3.63, 3.8) is 0 Å². The summed E-state index contributed by atoms with van der Waals surface area (Å²) < 4.78 is 18.6. The third-order valence-corrected chi connectivity index (χ3v) is 4.54. The predicted octanol–water partition coefficient (Wildman–Crippen LogP) is 3.61. The van der Waals surface area contributed by atoms with Crippen LogP contribution in [0.1, 0.15) is 0 Å². The van der Waals surface area contributed by atoms with Crippen molar-refractivity contribution < 1.29 is 18.7 Å². The van der Waals surface area contributed by atoms with Gasteiger partial charge in [0.1, 0.15) is 0 Å². The zero-order chi connectivity index (χ0) is 18.7.